The maximum Gasteiger partial charge on any atom is 0.188 e. The zero-order valence-electron chi connectivity index (χ0n) is 17.9. The quantitative estimate of drug-likeness (QED) is 0.279. The molecule has 0 aromatic heterocycles. The molecule has 2 unspecified atom stereocenters. The monoisotopic (exact) mass is 418 g/mol. The minimum Gasteiger partial charge on any atom is -0.497 e. The van der Waals surface area contributed by atoms with Crippen molar-refractivity contribution in [3.8, 4) is 17.2 Å². The summed E-state index contributed by atoms with van der Waals surface area (Å²) in [5.41, 5.74) is 1.75. The zero-order chi connectivity index (χ0) is 21.3. The minimum absolute atomic E-state index is 0.121. The van der Waals surface area contributed by atoms with Crippen LogP contribution in [0.5, 0.6) is 17.2 Å². The van der Waals surface area contributed by atoms with Crippen LogP contribution in [-0.2, 0) is 9.89 Å². The predicted octanol–water partition coefficient (Wildman–Crippen LogP) is 4.91. The third kappa shape index (κ3) is 5.29. The molecule has 158 valence electrons. The van der Waals surface area contributed by atoms with E-state index in [0.717, 1.165) is 42.0 Å². The van der Waals surface area contributed by atoms with Gasteiger partial charge in [-0.15, -0.1) is 0 Å². The van der Waals surface area contributed by atoms with Crippen molar-refractivity contribution in [1.29, 1.82) is 0 Å². The van der Waals surface area contributed by atoms with E-state index < -0.39 is 0 Å². The molecule has 0 aliphatic rings. The molecule has 29 heavy (non-hydrogen) atoms. The van der Waals surface area contributed by atoms with Gasteiger partial charge in [-0.25, -0.2) is 0 Å². The molecule has 0 heterocycles. The first-order valence-corrected chi connectivity index (χ1v) is 10.8. The van der Waals surface area contributed by atoms with E-state index in [1.807, 2.05) is 36.4 Å². The van der Waals surface area contributed by atoms with Crippen LogP contribution in [0.15, 0.2) is 36.4 Å². The van der Waals surface area contributed by atoms with Gasteiger partial charge in [0, 0.05) is 29.5 Å². The summed E-state index contributed by atoms with van der Waals surface area (Å²) < 4.78 is 22.3. The van der Waals surface area contributed by atoms with Gasteiger partial charge in [-0.1, -0.05) is 53.1 Å². The number of carbonyl (C=O) groups is 1. The maximum atomic E-state index is 11.6. The van der Waals surface area contributed by atoms with E-state index >= 15 is 0 Å². The van der Waals surface area contributed by atoms with Crippen molar-refractivity contribution in [2.45, 2.75) is 38.3 Å². The average molecular weight is 418 g/mol. The lowest BCUT2D eigenvalue weighted by molar-refractivity contribution is 0.0478. The average Bonchev–Trinajstić information content (AvgIpc) is 2.77. The number of carbonyl (C=O) groups excluding carboxylic acids is 1. The van der Waals surface area contributed by atoms with E-state index in [0.29, 0.717) is 25.8 Å². The molecule has 0 fully saturated rings. The highest BCUT2D eigenvalue weighted by Crippen LogP contribution is 2.54. The highest BCUT2D eigenvalue weighted by molar-refractivity contribution is 7.48. The van der Waals surface area contributed by atoms with Crippen LogP contribution in [0.1, 0.15) is 49.0 Å². The SMILES string of the molecule is CCCC(CC)(Pc1ccccc1C=O)c1cc(OC)cc(OC)c1OCOC. The predicted molar refractivity (Wildman–Crippen MR) is 119 cm³/mol. The number of ether oxygens (including phenoxy) is 4. The number of benzene rings is 2. The number of methoxy groups -OCH3 is 3. The summed E-state index contributed by atoms with van der Waals surface area (Å²) in [6, 6.07) is 11.6. The number of hydrogen-bond acceptors (Lipinski definition) is 5. The van der Waals surface area contributed by atoms with Gasteiger partial charge in [0.2, 0.25) is 0 Å². The van der Waals surface area contributed by atoms with Crippen molar-refractivity contribution >= 4 is 20.2 Å². The van der Waals surface area contributed by atoms with E-state index in [9.17, 15) is 4.79 Å². The molecule has 0 aliphatic carbocycles. The Hall–Kier alpha value is -2.10. The van der Waals surface area contributed by atoms with Gasteiger partial charge in [-0.2, -0.15) is 0 Å². The molecule has 0 aliphatic heterocycles. The summed E-state index contributed by atoms with van der Waals surface area (Å²) in [5, 5.41) is 0.830. The molecule has 2 atom stereocenters. The summed E-state index contributed by atoms with van der Waals surface area (Å²) in [4.78, 5) is 11.6. The van der Waals surface area contributed by atoms with Crippen LogP contribution in [0.3, 0.4) is 0 Å². The van der Waals surface area contributed by atoms with Gasteiger partial charge in [0.1, 0.15) is 5.75 Å². The standard InChI is InChI=1S/C23H31O5P/c1-6-12-23(7-2,29-21-11-9-8-10-17(21)15-24)19-13-18(26-4)14-20(27-5)22(19)28-16-25-3/h8-11,13-15,29H,6-7,12,16H2,1-5H3. The summed E-state index contributed by atoms with van der Waals surface area (Å²) in [5.74, 6) is 1.99. The number of hydrogen-bond donors (Lipinski definition) is 0. The second kappa shape index (κ2) is 11.2. The lowest BCUT2D eigenvalue weighted by atomic mass is 9.89. The highest BCUT2D eigenvalue weighted by atomic mass is 31.1. The second-order valence-corrected chi connectivity index (χ2v) is 8.52. The second-order valence-electron chi connectivity index (χ2n) is 6.77. The first-order chi connectivity index (χ1) is 14.1. The Bertz CT molecular complexity index is 808. The van der Waals surface area contributed by atoms with Gasteiger partial charge >= 0.3 is 0 Å². The van der Waals surface area contributed by atoms with E-state index in [1.54, 1.807) is 21.3 Å². The van der Waals surface area contributed by atoms with Gasteiger partial charge in [-0.05, 0) is 24.2 Å². The lowest BCUT2D eigenvalue weighted by Crippen LogP contribution is -2.25. The maximum absolute atomic E-state index is 11.6. The molecule has 2 rings (SSSR count). The normalized spacial score (nSPS) is 13.3. The smallest absolute Gasteiger partial charge is 0.188 e. The Morgan fingerprint density at radius 3 is 2.41 bits per heavy atom. The van der Waals surface area contributed by atoms with E-state index in [4.69, 9.17) is 18.9 Å². The molecule has 2 aromatic rings. The molecular weight excluding hydrogens is 387 g/mol. The fourth-order valence-electron chi connectivity index (χ4n) is 3.59. The number of aldehydes is 1. The fourth-order valence-corrected chi connectivity index (χ4v) is 5.44. The Morgan fingerprint density at radius 2 is 1.83 bits per heavy atom. The molecule has 6 heteroatoms. The largest absolute Gasteiger partial charge is 0.497 e. The van der Waals surface area contributed by atoms with Crippen molar-refractivity contribution in [2.75, 3.05) is 28.1 Å². The van der Waals surface area contributed by atoms with Crippen molar-refractivity contribution in [2.24, 2.45) is 0 Å². The molecule has 2 aromatic carbocycles. The van der Waals surface area contributed by atoms with Gasteiger partial charge in [0.15, 0.2) is 24.6 Å². The van der Waals surface area contributed by atoms with Crippen LogP contribution in [-0.4, -0.2) is 34.4 Å². The Morgan fingerprint density at radius 1 is 1.07 bits per heavy atom. The van der Waals surface area contributed by atoms with Gasteiger partial charge in [0.05, 0.1) is 14.2 Å². The summed E-state index contributed by atoms with van der Waals surface area (Å²) in [7, 11) is 5.25. The third-order valence-electron chi connectivity index (χ3n) is 5.06. The molecule has 0 radical (unpaired) electrons. The van der Waals surface area contributed by atoms with E-state index in [1.165, 1.54) is 0 Å². The van der Waals surface area contributed by atoms with Gasteiger partial charge in [-0.3, -0.25) is 4.79 Å². The zero-order valence-corrected chi connectivity index (χ0v) is 18.9. The Balaban J connectivity index is 2.70. The molecular formula is C23H31O5P. The molecule has 0 N–H and O–H groups in total. The summed E-state index contributed by atoms with van der Waals surface area (Å²) in [6.45, 7) is 4.47. The molecule has 0 bridgehead atoms. The van der Waals surface area contributed by atoms with Crippen LogP contribution < -0.4 is 19.5 Å². The van der Waals surface area contributed by atoms with Crippen molar-refractivity contribution in [1.82, 2.24) is 0 Å². The minimum atomic E-state index is -0.223. The van der Waals surface area contributed by atoms with Crippen LogP contribution in [0.2, 0.25) is 0 Å². The molecule has 0 amide bonds. The Kier molecular flexibility index (Phi) is 8.94. The van der Waals surface area contributed by atoms with Crippen molar-refractivity contribution in [3.63, 3.8) is 0 Å². The Labute approximate surface area is 175 Å². The first-order valence-electron chi connectivity index (χ1n) is 9.79. The third-order valence-corrected chi connectivity index (χ3v) is 7.14. The van der Waals surface area contributed by atoms with Crippen molar-refractivity contribution < 1.29 is 23.7 Å². The highest BCUT2D eigenvalue weighted by Gasteiger charge is 2.35. The van der Waals surface area contributed by atoms with E-state index in [-0.39, 0.29) is 11.9 Å². The molecule has 5 nitrogen and oxygen atoms in total. The molecule has 0 saturated carbocycles. The van der Waals surface area contributed by atoms with Crippen LogP contribution in [0.4, 0.5) is 0 Å². The molecule has 0 spiro atoms. The van der Waals surface area contributed by atoms with Gasteiger partial charge in [0.25, 0.3) is 0 Å². The van der Waals surface area contributed by atoms with Crippen LogP contribution >= 0.6 is 8.58 Å². The fraction of sp³-hybridized carbons (Fsp3) is 0.435. The van der Waals surface area contributed by atoms with Crippen LogP contribution in [0.25, 0.3) is 0 Å². The summed E-state index contributed by atoms with van der Waals surface area (Å²) >= 11 is 0. The van der Waals surface area contributed by atoms with E-state index in [2.05, 4.69) is 13.8 Å². The topological polar surface area (TPSA) is 54.0 Å². The van der Waals surface area contributed by atoms with Crippen LogP contribution in [0, 0.1) is 0 Å². The molecule has 0 saturated heterocycles. The van der Waals surface area contributed by atoms with Crippen molar-refractivity contribution in [3.05, 3.63) is 47.5 Å². The summed E-state index contributed by atoms with van der Waals surface area (Å²) in [6.07, 6.45) is 3.75. The number of rotatable bonds is 12. The van der Waals surface area contributed by atoms with Gasteiger partial charge < -0.3 is 18.9 Å². The lowest BCUT2D eigenvalue weighted by Gasteiger charge is -2.36. The first kappa shape index (κ1) is 23.2.